The van der Waals surface area contributed by atoms with Crippen LogP contribution in [0, 0.1) is 5.92 Å². The normalized spacial score (nSPS) is 15.9. The lowest BCUT2D eigenvalue weighted by atomic mass is 9.88. The molecule has 1 heterocycles. The third-order valence-electron chi connectivity index (χ3n) is 5.33. The molecule has 1 N–H and O–H groups in total. The molecule has 1 aromatic heterocycles. The lowest BCUT2D eigenvalue weighted by Gasteiger charge is -2.18. The fraction of sp³-hybridized carbons (Fsp3) is 0.478. The molecule has 1 aromatic carbocycles. The van der Waals surface area contributed by atoms with Gasteiger partial charge in [0.15, 0.2) is 9.84 Å². The summed E-state index contributed by atoms with van der Waals surface area (Å²) in [5.74, 6) is -0.237. The molecule has 0 radical (unpaired) electrons. The van der Waals surface area contributed by atoms with Crippen LogP contribution >= 0.6 is 11.3 Å². The number of hydrogen-bond donors (Lipinski definition) is 1. The van der Waals surface area contributed by atoms with E-state index in [1.54, 1.807) is 31.2 Å². The molecule has 0 bridgehead atoms. The van der Waals surface area contributed by atoms with Crippen molar-refractivity contribution < 1.29 is 22.7 Å². The van der Waals surface area contributed by atoms with Crippen LogP contribution in [0.1, 0.15) is 59.5 Å². The first-order valence-electron chi connectivity index (χ1n) is 10.6. The van der Waals surface area contributed by atoms with Crippen LogP contribution in [0.25, 0.3) is 0 Å². The highest BCUT2D eigenvalue weighted by Crippen LogP contribution is 2.40. The van der Waals surface area contributed by atoms with E-state index in [2.05, 4.69) is 12.2 Å². The highest BCUT2D eigenvalue weighted by Gasteiger charge is 2.29. The number of amides is 1. The Labute approximate surface area is 187 Å². The molecule has 0 saturated carbocycles. The van der Waals surface area contributed by atoms with Gasteiger partial charge in [-0.05, 0) is 49.7 Å². The van der Waals surface area contributed by atoms with Crippen LogP contribution in [0.3, 0.4) is 0 Å². The second-order valence-corrected chi connectivity index (χ2v) is 11.3. The maximum atomic E-state index is 12.5. The number of thiophene rings is 1. The summed E-state index contributed by atoms with van der Waals surface area (Å²) in [5.41, 5.74) is 2.20. The van der Waals surface area contributed by atoms with Crippen LogP contribution in [0.5, 0.6) is 0 Å². The predicted octanol–water partition coefficient (Wildman–Crippen LogP) is 4.38. The SMILES string of the molecule is CCOC(=O)c1c(NC(=O)CCCS(=O)(=O)Cc2ccccc2)sc2c1CC[C@H](C)C2. The number of carbonyl (C=O) groups excluding carboxylic acids is 2. The van der Waals surface area contributed by atoms with E-state index >= 15 is 0 Å². The summed E-state index contributed by atoms with van der Waals surface area (Å²) in [4.78, 5) is 26.2. The minimum atomic E-state index is -3.29. The zero-order valence-corrected chi connectivity index (χ0v) is 19.6. The Balaban J connectivity index is 1.62. The minimum absolute atomic E-state index is 0.0295. The first-order valence-corrected chi connectivity index (χ1v) is 13.3. The topological polar surface area (TPSA) is 89.5 Å². The van der Waals surface area contributed by atoms with Crippen LogP contribution in [-0.4, -0.2) is 32.7 Å². The monoisotopic (exact) mass is 463 g/mol. The third kappa shape index (κ3) is 6.40. The summed E-state index contributed by atoms with van der Waals surface area (Å²) in [6.07, 6.45) is 3.00. The van der Waals surface area contributed by atoms with E-state index in [1.807, 2.05) is 6.07 Å². The summed E-state index contributed by atoms with van der Waals surface area (Å²) < 4.78 is 29.9. The van der Waals surface area contributed by atoms with Gasteiger partial charge in [-0.25, -0.2) is 13.2 Å². The molecule has 0 aliphatic heterocycles. The smallest absolute Gasteiger partial charge is 0.341 e. The Kier molecular flexibility index (Phi) is 7.89. The molecule has 1 amide bonds. The summed E-state index contributed by atoms with van der Waals surface area (Å²) in [7, 11) is -3.29. The lowest BCUT2D eigenvalue weighted by Crippen LogP contribution is -2.17. The number of anilines is 1. The standard InChI is InChI=1S/C23H29NO5S2/c1-3-29-23(26)21-18-12-11-16(2)14-19(18)30-22(21)24-20(25)10-7-13-31(27,28)15-17-8-5-4-6-9-17/h4-6,8-9,16H,3,7,10-15H2,1-2H3,(H,24,25)/t16-/m0/s1. The van der Waals surface area contributed by atoms with Crippen molar-refractivity contribution in [2.24, 2.45) is 5.92 Å². The molecule has 1 aliphatic rings. The van der Waals surface area contributed by atoms with Gasteiger partial charge in [-0.1, -0.05) is 37.3 Å². The first-order chi connectivity index (χ1) is 14.8. The van der Waals surface area contributed by atoms with Gasteiger partial charge in [0.05, 0.1) is 23.7 Å². The first kappa shape index (κ1) is 23.5. The van der Waals surface area contributed by atoms with Gasteiger partial charge in [0.2, 0.25) is 5.91 Å². The summed E-state index contributed by atoms with van der Waals surface area (Å²) >= 11 is 1.44. The number of fused-ring (bicyclic) bond motifs is 1. The van der Waals surface area contributed by atoms with Crippen LogP contribution in [0.2, 0.25) is 0 Å². The van der Waals surface area contributed by atoms with Gasteiger partial charge in [0.25, 0.3) is 0 Å². The molecule has 6 nitrogen and oxygen atoms in total. The fourth-order valence-electron chi connectivity index (χ4n) is 3.80. The fourth-order valence-corrected chi connectivity index (χ4v) is 6.64. The molecule has 0 fully saturated rings. The van der Waals surface area contributed by atoms with Crippen LogP contribution in [-0.2, 0) is 38.0 Å². The zero-order valence-electron chi connectivity index (χ0n) is 18.0. The van der Waals surface area contributed by atoms with Crippen LogP contribution < -0.4 is 5.32 Å². The van der Waals surface area contributed by atoms with Crippen molar-refractivity contribution in [1.29, 1.82) is 0 Å². The third-order valence-corrected chi connectivity index (χ3v) is 8.19. The number of esters is 1. The molecule has 0 spiro atoms. The zero-order chi connectivity index (χ0) is 22.4. The Morgan fingerprint density at radius 2 is 1.97 bits per heavy atom. The van der Waals surface area contributed by atoms with Crippen molar-refractivity contribution in [3.05, 3.63) is 51.9 Å². The van der Waals surface area contributed by atoms with Gasteiger partial charge in [0.1, 0.15) is 5.00 Å². The maximum absolute atomic E-state index is 12.5. The number of sulfone groups is 1. The van der Waals surface area contributed by atoms with E-state index in [-0.39, 0.29) is 36.9 Å². The average molecular weight is 464 g/mol. The molecule has 8 heteroatoms. The van der Waals surface area contributed by atoms with Gasteiger partial charge in [0, 0.05) is 11.3 Å². The van der Waals surface area contributed by atoms with Crippen molar-refractivity contribution in [3.8, 4) is 0 Å². The lowest BCUT2D eigenvalue weighted by molar-refractivity contribution is -0.116. The molecule has 168 valence electrons. The Morgan fingerprint density at radius 3 is 2.68 bits per heavy atom. The predicted molar refractivity (Wildman–Crippen MR) is 123 cm³/mol. The van der Waals surface area contributed by atoms with E-state index in [4.69, 9.17) is 4.74 Å². The van der Waals surface area contributed by atoms with Crippen molar-refractivity contribution >= 4 is 38.1 Å². The van der Waals surface area contributed by atoms with Gasteiger partial charge in [-0.2, -0.15) is 0 Å². The van der Waals surface area contributed by atoms with Crippen molar-refractivity contribution in [1.82, 2.24) is 0 Å². The highest BCUT2D eigenvalue weighted by atomic mass is 32.2. The van der Waals surface area contributed by atoms with E-state index in [0.29, 0.717) is 16.5 Å². The molecule has 2 aromatic rings. The number of hydrogen-bond acceptors (Lipinski definition) is 6. The van der Waals surface area contributed by atoms with Crippen LogP contribution in [0.15, 0.2) is 30.3 Å². The molecule has 31 heavy (non-hydrogen) atoms. The molecule has 0 unspecified atom stereocenters. The van der Waals surface area contributed by atoms with E-state index in [0.717, 1.165) is 35.3 Å². The van der Waals surface area contributed by atoms with Crippen molar-refractivity contribution in [2.75, 3.05) is 17.7 Å². The quantitative estimate of drug-likeness (QED) is 0.557. The number of rotatable bonds is 9. The van der Waals surface area contributed by atoms with Crippen molar-refractivity contribution in [3.63, 3.8) is 0 Å². The summed E-state index contributed by atoms with van der Waals surface area (Å²) in [6.45, 7) is 4.21. The molecular weight excluding hydrogens is 434 g/mol. The number of ether oxygens (including phenoxy) is 1. The highest BCUT2D eigenvalue weighted by molar-refractivity contribution is 7.90. The molecule has 0 saturated heterocycles. The van der Waals surface area contributed by atoms with Gasteiger partial charge < -0.3 is 10.1 Å². The molecule has 1 atom stereocenters. The second kappa shape index (κ2) is 10.4. The Bertz CT molecular complexity index is 1030. The average Bonchev–Trinajstić information content (AvgIpc) is 3.05. The largest absolute Gasteiger partial charge is 0.462 e. The Morgan fingerprint density at radius 1 is 1.23 bits per heavy atom. The molecule has 3 rings (SSSR count). The number of carbonyl (C=O) groups is 2. The number of nitrogens with one attached hydrogen (secondary N) is 1. The maximum Gasteiger partial charge on any atom is 0.341 e. The molecular formula is C23H29NO5S2. The summed E-state index contributed by atoms with van der Waals surface area (Å²) in [6, 6.07) is 9.01. The van der Waals surface area contributed by atoms with Crippen molar-refractivity contribution in [2.45, 2.75) is 51.7 Å². The second-order valence-electron chi connectivity index (χ2n) is 8.01. The minimum Gasteiger partial charge on any atom is -0.462 e. The van der Waals surface area contributed by atoms with Crippen LogP contribution in [0.4, 0.5) is 5.00 Å². The van der Waals surface area contributed by atoms with Gasteiger partial charge in [-0.15, -0.1) is 11.3 Å². The summed E-state index contributed by atoms with van der Waals surface area (Å²) in [5, 5.41) is 3.36. The van der Waals surface area contributed by atoms with Gasteiger partial charge >= 0.3 is 5.97 Å². The molecule has 1 aliphatic carbocycles. The van der Waals surface area contributed by atoms with Gasteiger partial charge in [-0.3, -0.25) is 4.79 Å². The van der Waals surface area contributed by atoms with E-state index < -0.39 is 15.8 Å². The Hall–Kier alpha value is -2.19. The van der Waals surface area contributed by atoms with E-state index in [1.165, 1.54) is 11.3 Å². The van der Waals surface area contributed by atoms with E-state index in [9.17, 15) is 18.0 Å². The number of benzene rings is 1.